The van der Waals surface area contributed by atoms with Crippen molar-refractivity contribution in [1.29, 1.82) is 0 Å². The Kier molecular flexibility index (Phi) is 3.99. The summed E-state index contributed by atoms with van der Waals surface area (Å²) >= 11 is 0. The lowest BCUT2D eigenvalue weighted by Crippen LogP contribution is -2.30. The second-order valence-electron chi connectivity index (χ2n) is 7.27. The molecule has 0 spiro atoms. The molecule has 1 aliphatic carbocycles. The van der Waals surface area contributed by atoms with Crippen LogP contribution in [0, 0.1) is 11.3 Å². The molecule has 0 saturated heterocycles. The minimum absolute atomic E-state index is 0.255. The molecule has 0 amide bonds. The molecule has 1 aromatic carbocycles. The second-order valence-corrected chi connectivity index (χ2v) is 7.27. The first-order valence-corrected chi connectivity index (χ1v) is 8.06. The Balaban J connectivity index is 1.67. The van der Waals surface area contributed by atoms with E-state index in [-0.39, 0.29) is 6.10 Å². The zero-order chi connectivity index (χ0) is 14.9. The highest BCUT2D eigenvalue weighted by molar-refractivity contribution is 5.78. The highest BCUT2D eigenvalue weighted by Crippen LogP contribution is 2.39. The molecule has 21 heavy (non-hydrogen) atoms. The monoisotopic (exact) mass is 283 g/mol. The van der Waals surface area contributed by atoms with Crippen LogP contribution in [0.15, 0.2) is 36.4 Å². The van der Waals surface area contributed by atoms with Gasteiger partial charge in [0.1, 0.15) is 0 Å². The van der Waals surface area contributed by atoms with Crippen molar-refractivity contribution in [3.63, 3.8) is 0 Å². The Labute approximate surface area is 127 Å². The summed E-state index contributed by atoms with van der Waals surface area (Å²) in [6.07, 6.45) is 5.15. The molecule has 1 N–H and O–H groups in total. The third-order valence-electron chi connectivity index (χ3n) is 5.00. The Morgan fingerprint density at radius 1 is 1.14 bits per heavy atom. The molecule has 1 aromatic heterocycles. The van der Waals surface area contributed by atoms with Gasteiger partial charge in [-0.1, -0.05) is 38.1 Å². The van der Waals surface area contributed by atoms with Crippen molar-refractivity contribution in [1.82, 2.24) is 4.98 Å². The van der Waals surface area contributed by atoms with Gasteiger partial charge < -0.3 is 5.11 Å². The maximum absolute atomic E-state index is 10.5. The number of nitrogens with zero attached hydrogens (tertiary/aromatic N) is 1. The first-order valence-electron chi connectivity index (χ1n) is 8.06. The van der Waals surface area contributed by atoms with E-state index in [4.69, 9.17) is 0 Å². The highest BCUT2D eigenvalue weighted by Gasteiger charge is 2.30. The summed E-state index contributed by atoms with van der Waals surface area (Å²) in [5.41, 5.74) is 2.48. The maximum Gasteiger partial charge on any atom is 0.0705 e. The molecule has 2 nitrogen and oxygen atoms in total. The smallest absolute Gasteiger partial charge is 0.0705 e. The maximum atomic E-state index is 10.5. The van der Waals surface area contributed by atoms with E-state index in [0.29, 0.717) is 17.8 Å². The molecule has 1 fully saturated rings. The fraction of sp³-hybridized carbons (Fsp3) is 0.526. The van der Waals surface area contributed by atoms with E-state index in [2.05, 4.69) is 37.0 Å². The molecule has 1 atom stereocenters. The Morgan fingerprint density at radius 2 is 1.86 bits per heavy atom. The topological polar surface area (TPSA) is 33.1 Å². The van der Waals surface area contributed by atoms with Crippen molar-refractivity contribution in [2.75, 3.05) is 0 Å². The summed E-state index contributed by atoms with van der Waals surface area (Å²) in [6.45, 7) is 4.67. The van der Waals surface area contributed by atoms with E-state index in [0.717, 1.165) is 29.4 Å². The predicted octanol–water partition coefficient (Wildman–Crippen LogP) is 4.35. The molecular weight excluding hydrogens is 258 g/mol. The quantitative estimate of drug-likeness (QED) is 0.908. The van der Waals surface area contributed by atoms with Crippen molar-refractivity contribution in [3.05, 3.63) is 42.1 Å². The zero-order valence-corrected chi connectivity index (χ0v) is 13.0. The Hall–Kier alpha value is -1.41. The molecule has 1 aliphatic rings. The predicted molar refractivity (Wildman–Crippen MR) is 87.2 cm³/mol. The fourth-order valence-corrected chi connectivity index (χ4v) is 3.41. The second kappa shape index (κ2) is 5.76. The largest absolute Gasteiger partial charge is 0.392 e. The van der Waals surface area contributed by atoms with Crippen LogP contribution in [-0.2, 0) is 6.42 Å². The number of fused-ring (bicyclic) bond motifs is 1. The zero-order valence-electron chi connectivity index (χ0n) is 13.0. The Bertz CT molecular complexity index is 610. The summed E-state index contributed by atoms with van der Waals surface area (Å²) in [6, 6.07) is 12.3. The number of pyridine rings is 1. The summed E-state index contributed by atoms with van der Waals surface area (Å²) in [5, 5.41) is 11.7. The SMILES string of the molecule is CC1(C)CCC(C(O)Cc2ccc3ccccc3n2)CC1. The van der Waals surface area contributed by atoms with Crippen molar-refractivity contribution in [2.45, 2.75) is 52.1 Å². The first-order chi connectivity index (χ1) is 10.0. The number of hydrogen-bond donors (Lipinski definition) is 1. The molecule has 0 aliphatic heterocycles. The number of benzene rings is 1. The van der Waals surface area contributed by atoms with E-state index in [9.17, 15) is 5.11 Å². The van der Waals surface area contributed by atoms with Crippen LogP contribution in [0.1, 0.15) is 45.2 Å². The molecule has 3 rings (SSSR count). The fourth-order valence-electron chi connectivity index (χ4n) is 3.41. The molecule has 1 unspecified atom stereocenters. The number of para-hydroxylation sites is 1. The lowest BCUT2D eigenvalue weighted by molar-refractivity contribution is 0.0571. The van der Waals surface area contributed by atoms with Gasteiger partial charge in [-0.3, -0.25) is 4.98 Å². The van der Waals surface area contributed by atoms with Gasteiger partial charge in [-0.15, -0.1) is 0 Å². The van der Waals surface area contributed by atoms with Gasteiger partial charge in [0, 0.05) is 17.5 Å². The molecule has 0 bridgehead atoms. The molecular formula is C19H25NO. The van der Waals surface area contributed by atoms with Gasteiger partial charge >= 0.3 is 0 Å². The van der Waals surface area contributed by atoms with Crippen molar-refractivity contribution in [2.24, 2.45) is 11.3 Å². The van der Waals surface area contributed by atoms with Crippen LogP contribution in [0.4, 0.5) is 0 Å². The summed E-state index contributed by atoms with van der Waals surface area (Å²) in [5.74, 6) is 0.436. The van der Waals surface area contributed by atoms with Crippen LogP contribution < -0.4 is 0 Å². The van der Waals surface area contributed by atoms with Gasteiger partial charge in [-0.25, -0.2) is 0 Å². The summed E-state index contributed by atoms with van der Waals surface area (Å²) in [7, 11) is 0. The molecule has 112 valence electrons. The van der Waals surface area contributed by atoms with Gasteiger partial charge in [0.15, 0.2) is 0 Å². The van der Waals surface area contributed by atoms with Crippen LogP contribution in [-0.4, -0.2) is 16.2 Å². The van der Waals surface area contributed by atoms with E-state index in [1.165, 1.54) is 12.8 Å². The minimum Gasteiger partial charge on any atom is -0.392 e. The number of rotatable bonds is 3. The standard InChI is InChI=1S/C19H25NO/c1-19(2)11-9-15(10-12-19)18(21)13-16-8-7-14-5-3-4-6-17(14)20-16/h3-8,15,18,21H,9-13H2,1-2H3. The highest BCUT2D eigenvalue weighted by atomic mass is 16.3. The number of hydrogen-bond acceptors (Lipinski definition) is 2. The lowest BCUT2D eigenvalue weighted by atomic mass is 9.71. The molecule has 2 heteroatoms. The molecule has 2 aromatic rings. The van der Waals surface area contributed by atoms with E-state index >= 15 is 0 Å². The third-order valence-corrected chi connectivity index (χ3v) is 5.00. The van der Waals surface area contributed by atoms with Gasteiger partial charge in [-0.2, -0.15) is 0 Å². The van der Waals surface area contributed by atoms with Crippen LogP contribution in [0.5, 0.6) is 0 Å². The van der Waals surface area contributed by atoms with Gasteiger partial charge in [0.05, 0.1) is 11.6 Å². The van der Waals surface area contributed by atoms with Gasteiger partial charge in [0.25, 0.3) is 0 Å². The van der Waals surface area contributed by atoms with Crippen LogP contribution in [0.2, 0.25) is 0 Å². The third kappa shape index (κ3) is 3.44. The summed E-state index contributed by atoms with van der Waals surface area (Å²) in [4.78, 5) is 4.68. The van der Waals surface area contributed by atoms with Gasteiger partial charge in [-0.05, 0) is 49.1 Å². The molecule has 1 saturated carbocycles. The van der Waals surface area contributed by atoms with Crippen molar-refractivity contribution >= 4 is 10.9 Å². The normalized spacial score (nSPS) is 20.5. The van der Waals surface area contributed by atoms with Crippen molar-refractivity contribution in [3.8, 4) is 0 Å². The number of aliphatic hydroxyl groups excluding tert-OH is 1. The van der Waals surface area contributed by atoms with Crippen LogP contribution >= 0.6 is 0 Å². The van der Waals surface area contributed by atoms with Gasteiger partial charge in [0.2, 0.25) is 0 Å². The van der Waals surface area contributed by atoms with Crippen LogP contribution in [0.25, 0.3) is 10.9 Å². The van der Waals surface area contributed by atoms with E-state index < -0.39 is 0 Å². The average molecular weight is 283 g/mol. The number of aliphatic hydroxyl groups is 1. The minimum atomic E-state index is -0.255. The summed E-state index contributed by atoms with van der Waals surface area (Å²) < 4.78 is 0. The van der Waals surface area contributed by atoms with Crippen LogP contribution in [0.3, 0.4) is 0 Å². The van der Waals surface area contributed by atoms with E-state index in [1.807, 2.05) is 18.2 Å². The number of aromatic nitrogens is 1. The average Bonchev–Trinajstić information content (AvgIpc) is 2.47. The molecule has 0 radical (unpaired) electrons. The lowest BCUT2D eigenvalue weighted by Gasteiger charge is -2.36. The Morgan fingerprint density at radius 3 is 2.62 bits per heavy atom. The van der Waals surface area contributed by atoms with E-state index in [1.54, 1.807) is 0 Å². The first kappa shape index (κ1) is 14.5. The molecule has 1 heterocycles. The van der Waals surface area contributed by atoms with Crippen molar-refractivity contribution < 1.29 is 5.11 Å².